The summed E-state index contributed by atoms with van der Waals surface area (Å²) in [5.41, 5.74) is 6.12. The van der Waals surface area contributed by atoms with Crippen LogP contribution in [-0.4, -0.2) is 24.5 Å². The number of sulfonamides is 1. The van der Waals surface area contributed by atoms with Crippen LogP contribution < -0.4 is 10.5 Å². The minimum Gasteiger partial charge on any atom is -0.399 e. The van der Waals surface area contributed by atoms with E-state index in [1.54, 1.807) is 35.4 Å². The maximum atomic E-state index is 12.3. The average molecular weight is 424 g/mol. The van der Waals surface area contributed by atoms with E-state index in [1.807, 2.05) is 0 Å². The fraction of sp³-hybridized carbons (Fsp3) is 0.182. The van der Waals surface area contributed by atoms with E-state index in [0.29, 0.717) is 21.2 Å². The van der Waals surface area contributed by atoms with Gasteiger partial charge in [-0.3, -0.25) is 0 Å². The summed E-state index contributed by atoms with van der Waals surface area (Å²) in [6.07, 6.45) is 5.04. The zero-order valence-corrected chi connectivity index (χ0v) is 14.2. The topological polar surface area (TPSA) is 90.0 Å². The van der Waals surface area contributed by atoms with Crippen molar-refractivity contribution in [3.8, 4) is 0 Å². The van der Waals surface area contributed by atoms with Crippen molar-refractivity contribution in [3.05, 3.63) is 39.8 Å². The molecule has 0 saturated heterocycles. The van der Waals surface area contributed by atoms with Gasteiger partial charge >= 0.3 is 0 Å². The van der Waals surface area contributed by atoms with Crippen molar-refractivity contribution < 1.29 is 8.42 Å². The molecule has 0 bridgehead atoms. The molecule has 1 aromatic carbocycles. The summed E-state index contributed by atoms with van der Waals surface area (Å²) in [7, 11) is -3.62. The Labute approximate surface area is 133 Å². The van der Waals surface area contributed by atoms with Crippen molar-refractivity contribution in [3.63, 3.8) is 0 Å². The van der Waals surface area contributed by atoms with E-state index in [-0.39, 0.29) is 11.4 Å². The number of nitrogens with zero attached hydrogens (tertiary/aromatic N) is 2. The molecule has 0 aliphatic carbocycles. The van der Waals surface area contributed by atoms with Gasteiger partial charge in [0.2, 0.25) is 10.0 Å². The maximum absolute atomic E-state index is 12.3. The lowest BCUT2D eigenvalue weighted by atomic mass is 10.3. The number of hydrogen-bond acceptors (Lipinski definition) is 4. The van der Waals surface area contributed by atoms with E-state index in [4.69, 9.17) is 5.73 Å². The third-order valence-corrected chi connectivity index (χ3v) is 5.85. The van der Waals surface area contributed by atoms with Gasteiger partial charge in [-0.15, -0.1) is 0 Å². The first-order valence-corrected chi connectivity index (χ1v) is 8.67. The van der Waals surface area contributed by atoms with Crippen LogP contribution in [0.2, 0.25) is 0 Å². The monoisotopic (exact) mass is 422 g/mol. The molecule has 0 fully saturated rings. The first-order chi connectivity index (χ1) is 9.40. The van der Waals surface area contributed by atoms with Crippen LogP contribution in [0.4, 0.5) is 5.69 Å². The number of benzene rings is 1. The number of aromatic nitrogens is 2. The van der Waals surface area contributed by atoms with E-state index in [1.165, 1.54) is 0 Å². The molecule has 6 nitrogen and oxygen atoms in total. The molecule has 1 aromatic heterocycles. The van der Waals surface area contributed by atoms with Gasteiger partial charge in [0, 0.05) is 40.1 Å². The normalized spacial score (nSPS) is 11.7. The molecule has 20 heavy (non-hydrogen) atoms. The smallest absolute Gasteiger partial charge is 0.242 e. The zero-order chi connectivity index (χ0) is 14.8. The van der Waals surface area contributed by atoms with Crippen LogP contribution in [0.1, 0.15) is 0 Å². The highest BCUT2D eigenvalue weighted by Gasteiger charge is 2.21. The second-order valence-corrected chi connectivity index (χ2v) is 7.42. The summed E-state index contributed by atoms with van der Waals surface area (Å²) < 4.78 is 29.7. The number of imidazole rings is 1. The van der Waals surface area contributed by atoms with Crippen LogP contribution in [0.15, 0.2) is 44.7 Å². The van der Waals surface area contributed by atoms with Crippen LogP contribution in [0.5, 0.6) is 0 Å². The molecular weight excluding hydrogens is 412 g/mol. The number of nitrogen functional groups attached to an aromatic ring is 1. The Morgan fingerprint density at radius 2 is 1.95 bits per heavy atom. The molecular formula is C11H12Br2N4O2S. The highest BCUT2D eigenvalue weighted by Crippen LogP contribution is 2.32. The minimum absolute atomic E-state index is 0.136. The SMILES string of the molecule is Nc1cc(Br)c(S(=O)(=O)NCCn2ccnc2)c(Br)c1. The first-order valence-electron chi connectivity index (χ1n) is 5.60. The van der Waals surface area contributed by atoms with E-state index >= 15 is 0 Å². The predicted molar refractivity (Wildman–Crippen MR) is 83.7 cm³/mol. The van der Waals surface area contributed by atoms with Crippen molar-refractivity contribution in [1.82, 2.24) is 14.3 Å². The molecule has 0 saturated carbocycles. The summed E-state index contributed by atoms with van der Waals surface area (Å²) in [4.78, 5) is 4.03. The lowest BCUT2D eigenvalue weighted by molar-refractivity contribution is 0.572. The Morgan fingerprint density at radius 1 is 1.30 bits per heavy atom. The lowest BCUT2D eigenvalue weighted by Gasteiger charge is -2.11. The lowest BCUT2D eigenvalue weighted by Crippen LogP contribution is -2.27. The molecule has 0 atom stereocenters. The molecule has 0 amide bonds. The van der Waals surface area contributed by atoms with Crippen molar-refractivity contribution in [2.75, 3.05) is 12.3 Å². The summed E-state index contributed by atoms with van der Waals surface area (Å²) >= 11 is 6.44. The van der Waals surface area contributed by atoms with Crippen molar-refractivity contribution in [1.29, 1.82) is 0 Å². The minimum atomic E-state index is -3.62. The molecule has 0 spiro atoms. The van der Waals surface area contributed by atoms with E-state index in [9.17, 15) is 8.42 Å². The van der Waals surface area contributed by atoms with E-state index in [0.717, 1.165) is 0 Å². The van der Waals surface area contributed by atoms with E-state index in [2.05, 4.69) is 41.6 Å². The molecule has 1 heterocycles. The Morgan fingerprint density at radius 3 is 2.50 bits per heavy atom. The Bertz CT molecular complexity index is 678. The zero-order valence-electron chi connectivity index (χ0n) is 10.3. The van der Waals surface area contributed by atoms with Gasteiger partial charge in [0.25, 0.3) is 0 Å². The highest BCUT2D eigenvalue weighted by atomic mass is 79.9. The molecule has 0 radical (unpaired) electrons. The molecule has 9 heteroatoms. The first kappa shape index (κ1) is 15.5. The predicted octanol–water partition coefficient (Wildman–Crippen LogP) is 1.97. The maximum Gasteiger partial charge on any atom is 0.242 e. The largest absolute Gasteiger partial charge is 0.399 e. The number of nitrogens with two attached hydrogens (primary N) is 1. The van der Waals surface area contributed by atoms with Gasteiger partial charge in [0.15, 0.2) is 0 Å². The molecule has 3 N–H and O–H groups in total. The Hall–Kier alpha value is -0.900. The Balaban J connectivity index is 2.14. The molecule has 108 valence electrons. The van der Waals surface area contributed by atoms with Crippen molar-refractivity contribution >= 4 is 47.6 Å². The summed E-state index contributed by atoms with van der Waals surface area (Å²) in [6, 6.07) is 3.10. The van der Waals surface area contributed by atoms with Crippen molar-refractivity contribution in [2.24, 2.45) is 0 Å². The molecule has 0 aliphatic heterocycles. The van der Waals surface area contributed by atoms with Gasteiger partial charge in [-0.05, 0) is 44.0 Å². The van der Waals surface area contributed by atoms with Gasteiger partial charge in [-0.25, -0.2) is 18.1 Å². The van der Waals surface area contributed by atoms with Crippen LogP contribution in [-0.2, 0) is 16.6 Å². The summed E-state index contributed by atoms with van der Waals surface area (Å²) in [5.74, 6) is 0. The number of nitrogens with one attached hydrogen (secondary N) is 1. The third kappa shape index (κ3) is 3.60. The fourth-order valence-electron chi connectivity index (χ4n) is 1.64. The van der Waals surface area contributed by atoms with Gasteiger partial charge < -0.3 is 10.3 Å². The summed E-state index contributed by atoms with van der Waals surface area (Å²) in [6.45, 7) is 0.769. The molecule has 0 aliphatic rings. The fourth-order valence-corrected chi connectivity index (χ4v) is 5.27. The second-order valence-electron chi connectivity index (χ2n) is 4.01. The molecule has 2 aromatic rings. The van der Waals surface area contributed by atoms with Crippen LogP contribution in [0.25, 0.3) is 0 Å². The standard InChI is InChI=1S/C11H12Br2N4O2S/c12-9-5-8(14)6-10(13)11(9)20(18,19)16-2-4-17-3-1-15-7-17/h1,3,5-7,16H,2,4,14H2. The highest BCUT2D eigenvalue weighted by molar-refractivity contribution is 9.11. The third-order valence-electron chi connectivity index (χ3n) is 2.51. The van der Waals surface area contributed by atoms with Crippen LogP contribution in [0.3, 0.4) is 0 Å². The quantitative estimate of drug-likeness (QED) is 0.719. The average Bonchev–Trinajstić information content (AvgIpc) is 2.79. The number of rotatable bonds is 5. The van der Waals surface area contributed by atoms with Crippen molar-refractivity contribution in [2.45, 2.75) is 11.4 Å². The number of halogens is 2. The second kappa shape index (κ2) is 6.25. The number of hydrogen-bond donors (Lipinski definition) is 2. The van der Waals surface area contributed by atoms with Gasteiger partial charge in [0.1, 0.15) is 4.90 Å². The van der Waals surface area contributed by atoms with E-state index < -0.39 is 10.0 Å². The van der Waals surface area contributed by atoms with Gasteiger partial charge in [-0.1, -0.05) is 0 Å². The van der Waals surface area contributed by atoms with Gasteiger partial charge in [0.05, 0.1) is 6.33 Å². The molecule has 0 unspecified atom stereocenters. The van der Waals surface area contributed by atoms with Crippen LogP contribution >= 0.6 is 31.9 Å². The van der Waals surface area contributed by atoms with Gasteiger partial charge in [-0.2, -0.15) is 0 Å². The summed E-state index contributed by atoms with van der Waals surface area (Å²) in [5, 5.41) is 0. The number of anilines is 1. The van der Waals surface area contributed by atoms with Crippen LogP contribution in [0, 0.1) is 0 Å². The molecule has 2 rings (SSSR count). The Kier molecular flexibility index (Phi) is 4.84.